The molecule has 0 aliphatic carbocycles. The number of carbonyl (C=O) groups excluding carboxylic acids is 3. The average molecular weight is 458 g/mol. The van der Waals surface area contributed by atoms with E-state index in [0.29, 0.717) is 23.7 Å². The topological polar surface area (TPSA) is 87.7 Å². The van der Waals surface area contributed by atoms with E-state index in [4.69, 9.17) is 4.74 Å². The van der Waals surface area contributed by atoms with Crippen LogP contribution in [-0.2, 0) is 20.8 Å². The summed E-state index contributed by atoms with van der Waals surface area (Å²) in [6.45, 7) is 1.98. The largest absolute Gasteiger partial charge is 0.484 e. The number of carbonyl (C=O) groups is 3. The molecule has 2 N–H and O–H groups in total. The molecule has 1 atom stereocenters. The highest BCUT2D eigenvalue weighted by atomic mass is 16.5. The Morgan fingerprint density at radius 2 is 1.59 bits per heavy atom. The molecule has 0 radical (unpaired) electrons. The van der Waals surface area contributed by atoms with Crippen molar-refractivity contribution in [1.29, 1.82) is 0 Å². The Hall–Kier alpha value is -4.13. The van der Waals surface area contributed by atoms with E-state index in [1.54, 1.807) is 41.3 Å². The second kappa shape index (κ2) is 10.7. The first kappa shape index (κ1) is 23.0. The molecular weight excluding hydrogens is 430 g/mol. The van der Waals surface area contributed by atoms with Crippen LogP contribution in [0.1, 0.15) is 30.5 Å². The molecule has 0 saturated heterocycles. The lowest BCUT2D eigenvalue weighted by molar-refractivity contribution is -0.132. The Morgan fingerprint density at radius 3 is 2.38 bits per heavy atom. The molecular formula is C27H27N3O4. The molecule has 0 fully saturated rings. The molecule has 174 valence electrons. The number of amides is 3. The fraction of sp³-hybridized carbons (Fsp3) is 0.222. The molecule has 3 aromatic carbocycles. The van der Waals surface area contributed by atoms with Crippen molar-refractivity contribution < 1.29 is 19.1 Å². The number of ether oxygens (including phenoxy) is 1. The second-order valence-corrected chi connectivity index (χ2v) is 8.16. The molecule has 3 aromatic rings. The standard InChI is InChI=1S/C27H27N3O4/c1-19(31)30-15-14-20-8-5-6-13-24(20)25(30)17-26(32)29-22-11-7-12-23(16-22)34-18-27(33)28-21-9-3-2-4-10-21/h2-13,16,25H,14-15,17-18H2,1H3,(H,28,33)(H,29,32). The molecule has 1 aliphatic heterocycles. The van der Waals surface area contributed by atoms with E-state index in [2.05, 4.69) is 10.6 Å². The SMILES string of the molecule is CC(=O)N1CCc2ccccc2C1CC(=O)Nc1cccc(OCC(=O)Nc2ccccc2)c1. The predicted molar refractivity (Wildman–Crippen MR) is 131 cm³/mol. The van der Waals surface area contributed by atoms with Gasteiger partial charge < -0.3 is 20.3 Å². The van der Waals surface area contributed by atoms with Gasteiger partial charge in [-0.3, -0.25) is 14.4 Å². The average Bonchev–Trinajstić information content (AvgIpc) is 2.83. The van der Waals surface area contributed by atoms with Crippen molar-refractivity contribution in [2.24, 2.45) is 0 Å². The summed E-state index contributed by atoms with van der Waals surface area (Å²) in [5.74, 6) is -0.0567. The van der Waals surface area contributed by atoms with Crippen molar-refractivity contribution >= 4 is 29.1 Å². The Morgan fingerprint density at radius 1 is 0.882 bits per heavy atom. The van der Waals surface area contributed by atoms with Gasteiger partial charge in [-0.25, -0.2) is 0 Å². The van der Waals surface area contributed by atoms with E-state index in [-0.39, 0.29) is 36.8 Å². The van der Waals surface area contributed by atoms with Gasteiger partial charge in [0, 0.05) is 30.9 Å². The van der Waals surface area contributed by atoms with E-state index < -0.39 is 0 Å². The Kier molecular flexibility index (Phi) is 7.22. The van der Waals surface area contributed by atoms with E-state index >= 15 is 0 Å². The fourth-order valence-corrected chi connectivity index (χ4v) is 4.17. The van der Waals surface area contributed by atoms with Crippen LogP contribution in [0.5, 0.6) is 5.75 Å². The van der Waals surface area contributed by atoms with Crippen molar-refractivity contribution in [2.75, 3.05) is 23.8 Å². The Labute approximate surface area is 198 Å². The van der Waals surface area contributed by atoms with E-state index in [0.717, 1.165) is 12.0 Å². The molecule has 4 rings (SSSR count). The van der Waals surface area contributed by atoms with Gasteiger partial charge in [0.15, 0.2) is 6.61 Å². The highest BCUT2D eigenvalue weighted by molar-refractivity contribution is 5.92. The number of para-hydroxylation sites is 1. The van der Waals surface area contributed by atoms with Gasteiger partial charge in [0.2, 0.25) is 11.8 Å². The van der Waals surface area contributed by atoms with Crippen molar-refractivity contribution in [1.82, 2.24) is 4.90 Å². The van der Waals surface area contributed by atoms with Crippen LogP contribution in [0, 0.1) is 0 Å². The summed E-state index contributed by atoms with van der Waals surface area (Å²) in [6, 6.07) is 23.7. The third-order valence-electron chi connectivity index (χ3n) is 5.74. The fourth-order valence-electron chi connectivity index (χ4n) is 4.17. The highest BCUT2D eigenvalue weighted by Gasteiger charge is 2.30. The normalized spacial score (nSPS) is 14.6. The molecule has 0 saturated carbocycles. The monoisotopic (exact) mass is 457 g/mol. The van der Waals surface area contributed by atoms with Crippen LogP contribution in [-0.4, -0.2) is 35.8 Å². The summed E-state index contributed by atoms with van der Waals surface area (Å²) in [7, 11) is 0. The number of hydrogen-bond donors (Lipinski definition) is 2. The molecule has 0 spiro atoms. The van der Waals surface area contributed by atoms with Crippen molar-refractivity contribution in [3.63, 3.8) is 0 Å². The highest BCUT2D eigenvalue weighted by Crippen LogP contribution is 2.32. The van der Waals surface area contributed by atoms with E-state index in [9.17, 15) is 14.4 Å². The maximum absolute atomic E-state index is 12.9. The number of rotatable bonds is 7. The zero-order chi connectivity index (χ0) is 23.9. The van der Waals surface area contributed by atoms with Crippen molar-refractivity contribution in [3.8, 4) is 5.75 Å². The summed E-state index contributed by atoms with van der Waals surface area (Å²) in [5.41, 5.74) is 3.44. The smallest absolute Gasteiger partial charge is 0.262 e. The Bertz CT molecular complexity index is 1180. The van der Waals surface area contributed by atoms with E-state index in [1.165, 1.54) is 12.5 Å². The first-order chi connectivity index (χ1) is 16.5. The molecule has 3 amide bonds. The molecule has 7 nitrogen and oxygen atoms in total. The van der Waals surface area contributed by atoms with Gasteiger partial charge in [-0.15, -0.1) is 0 Å². The quantitative estimate of drug-likeness (QED) is 0.557. The third kappa shape index (κ3) is 5.81. The van der Waals surface area contributed by atoms with Crippen LogP contribution in [0.15, 0.2) is 78.9 Å². The minimum atomic E-state index is -0.302. The van der Waals surface area contributed by atoms with Gasteiger partial charge in [-0.2, -0.15) is 0 Å². The summed E-state index contributed by atoms with van der Waals surface area (Å²) in [6.07, 6.45) is 0.937. The van der Waals surface area contributed by atoms with Crippen molar-refractivity contribution in [3.05, 3.63) is 90.0 Å². The lowest BCUT2D eigenvalue weighted by Gasteiger charge is -2.36. The zero-order valence-electron chi connectivity index (χ0n) is 19.0. The number of nitrogens with one attached hydrogen (secondary N) is 2. The van der Waals surface area contributed by atoms with Crippen LogP contribution in [0.4, 0.5) is 11.4 Å². The Balaban J connectivity index is 1.36. The molecule has 7 heteroatoms. The van der Waals surface area contributed by atoms with Crippen LogP contribution < -0.4 is 15.4 Å². The van der Waals surface area contributed by atoms with Crippen LogP contribution in [0.3, 0.4) is 0 Å². The van der Waals surface area contributed by atoms with Crippen LogP contribution >= 0.6 is 0 Å². The number of benzene rings is 3. The summed E-state index contributed by atoms with van der Waals surface area (Å²) in [4.78, 5) is 39.0. The van der Waals surface area contributed by atoms with E-state index in [1.807, 2.05) is 42.5 Å². The first-order valence-corrected chi connectivity index (χ1v) is 11.2. The summed E-state index contributed by atoms with van der Waals surface area (Å²) < 4.78 is 5.59. The van der Waals surface area contributed by atoms with Gasteiger partial charge in [-0.05, 0) is 41.8 Å². The molecule has 1 aliphatic rings. The van der Waals surface area contributed by atoms with Gasteiger partial charge in [0.1, 0.15) is 5.75 Å². The lowest BCUT2D eigenvalue weighted by Crippen LogP contribution is -2.40. The third-order valence-corrected chi connectivity index (χ3v) is 5.74. The van der Waals surface area contributed by atoms with Crippen molar-refractivity contribution in [2.45, 2.75) is 25.8 Å². The van der Waals surface area contributed by atoms with Gasteiger partial charge in [-0.1, -0.05) is 48.5 Å². The maximum atomic E-state index is 12.9. The number of hydrogen-bond acceptors (Lipinski definition) is 4. The zero-order valence-corrected chi connectivity index (χ0v) is 19.0. The first-order valence-electron chi connectivity index (χ1n) is 11.2. The number of anilines is 2. The van der Waals surface area contributed by atoms with Gasteiger partial charge >= 0.3 is 0 Å². The summed E-state index contributed by atoms with van der Waals surface area (Å²) in [5, 5.41) is 5.65. The minimum Gasteiger partial charge on any atom is -0.484 e. The van der Waals surface area contributed by atoms with Crippen LogP contribution in [0.25, 0.3) is 0 Å². The molecule has 1 heterocycles. The second-order valence-electron chi connectivity index (χ2n) is 8.16. The summed E-state index contributed by atoms with van der Waals surface area (Å²) >= 11 is 0. The molecule has 1 unspecified atom stereocenters. The molecule has 0 bridgehead atoms. The predicted octanol–water partition coefficient (Wildman–Crippen LogP) is 4.18. The van der Waals surface area contributed by atoms with Gasteiger partial charge in [0.05, 0.1) is 12.5 Å². The number of nitrogens with zero attached hydrogens (tertiary/aromatic N) is 1. The lowest BCUT2D eigenvalue weighted by atomic mass is 9.90. The van der Waals surface area contributed by atoms with Gasteiger partial charge in [0.25, 0.3) is 5.91 Å². The van der Waals surface area contributed by atoms with Crippen LogP contribution in [0.2, 0.25) is 0 Å². The molecule has 0 aromatic heterocycles. The minimum absolute atomic E-state index is 0.0449. The molecule has 34 heavy (non-hydrogen) atoms. The number of fused-ring (bicyclic) bond motifs is 1. The maximum Gasteiger partial charge on any atom is 0.262 e.